The number of aromatic nitrogens is 2. The molecule has 22 heavy (non-hydrogen) atoms. The van der Waals surface area contributed by atoms with Gasteiger partial charge in [0.2, 0.25) is 11.5 Å². The first-order valence-electron chi connectivity index (χ1n) is 6.29. The summed E-state index contributed by atoms with van der Waals surface area (Å²) in [4.78, 5) is 19.8. The Hall–Kier alpha value is -3.33. The molecular weight excluding hydrogens is 284 g/mol. The van der Waals surface area contributed by atoms with E-state index in [-0.39, 0.29) is 28.4 Å². The normalized spacial score (nSPS) is 10.4. The number of benzene rings is 1. The van der Waals surface area contributed by atoms with Gasteiger partial charge in [0.05, 0.1) is 7.11 Å². The summed E-state index contributed by atoms with van der Waals surface area (Å²) in [5.41, 5.74) is 0.715. The molecule has 6 heteroatoms. The lowest BCUT2D eigenvalue weighted by molar-refractivity contribution is 0.0590. The molecule has 0 aliphatic rings. The average Bonchev–Trinajstić information content (AvgIpc) is 3.01. The molecule has 0 fully saturated rings. The number of ether oxygens (including phenoxy) is 1. The van der Waals surface area contributed by atoms with Crippen molar-refractivity contribution >= 4 is 17.1 Å². The number of carbonyl (C=O) groups excluding carboxylic acids is 1. The average molecular weight is 294 g/mol. The summed E-state index contributed by atoms with van der Waals surface area (Å²) in [6.45, 7) is 0. The van der Waals surface area contributed by atoms with Gasteiger partial charge in [0, 0.05) is 5.56 Å². The van der Waals surface area contributed by atoms with Crippen molar-refractivity contribution in [1.82, 2.24) is 9.97 Å². The molecular formula is C16H10N2O4. The SMILES string of the molecule is C#Cc1nc(C(=O)OC)c(O)c2oc(-c3ccccc3)nc12. The molecule has 0 unspecified atom stereocenters. The van der Waals surface area contributed by atoms with Crippen LogP contribution in [-0.4, -0.2) is 28.2 Å². The summed E-state index contributed by atoms with van der Waals surface area (Å²) >= 11 is 0. The smallest absolute Gasteiger partial charge is 0.360 e. The zero-order valence-electron chi connectivity index (χ0n) is 11.5. The van der Waals surface area contributed by atoms with Crippen molar-refractivity contribution in [3.63, 3.8) is 0 Å². The predicted octanol–water partition coefficient (Wildman–Crippen LogP) is 2.36. The number of fused-ring (bicyclic) bond motifs is 1. The Balaban J connectivity index is 2.30. The van der Waals surface area contributed by atoms with E-state index in [1.54, 1.807) is 12.1 Å². The van der Waals surface area contributed by atoms with Crippen LogP contribution in [0.25, 0.3) is 22.6 Å². The van der Waals surface area contributed by atoms with Gasteiger partial charge in [0.15, 0.2) is 11.4 Å². The third kappa shape index (κ3) is 2.05. The van der Waals surface area contributed by atoms with Crippen LogP contribution in [0.4, 0.5) is 0 Å². The van der Waals surface area contributed by atoms with Crippen molar-refractivity contribution in [1.29, 1.82) is 0 Å². The van der Waals surface area contributed by atoms with E-state index in [2.05, 4.69) is 20.6 Å². The molecule has 0 aliphatic heterocycles. The first-order valence-corrected chi connectivity index (χ1v) is 6.29. The first-order chi connectivity index (χ1) is 10.7. The Morgan fingerprint density at radius 2 is 2.05 bits per heavy atom. The Labute approximate surface area is 125 Å². The van der Waals surface area contributed by atoms with Crippen LogP contribution in [0, 0.1) is 12.3 Å². The fraction of sp³-hybridized carbons (Fsp3) is 0.0625. The number of hydrogen-bond acceptors (Lipinski definition) is 6. The number of terminal acetylenes is 1. The molecule has 0 saturated heterocycles. The summed E-state index contributed by atoms with van der Waals surface area (Å²) in [5.74, 6) is 1.34. The Morgan fingerprint density at radius 1 is 1.32 bits per heavy atom. The summed E-state index contributed by atoms with van der Waals surface area (Å²) in [7, 11) is 1.18. The standard InChI is InChI=1S/C16H10N2O4/c1-3-10-11-14(13(19)12(17-10)16(20)21-2)22-15(18-11)9-7-5-4-6-8-9/h1,4-8,19H,2H3. The van der Waals surface area contributed by atoms with E-state index in [9.17, 15) is 9.90 Å². The summed E-state index contributed by atoms with van der Waals surface area (Å²) < 4.78 is 10.1. The Morgan fingerprint density at radius 3 is 2.68 bits per heavy atom. The van der Waals surface area contributed by atoms with Gasteiger partial charge in [0.1, 0.15) is 11.2 Å². The van der Waals surface area contributed by atoms with E-state index < -0.39 is 11.7 Å². The summed E-state index contributed by atoms with van der Waals surface area (Å²) in [5, 5.41) is 10.2. The highest BCUT2D eigenvalue weighted by Crippen LogP contribution is 2.33. The minimum atomic E-state index is -0.812. The highest BCUT2D eigenvalue weighted by Gasteiger charge is 2.23. The van der Waals surface area contributed by atoms with Crippen LogP contribution in [0.2, 0.25) is 0 Å². The monoisotopic (exact) mass is 294 g/mol. The lowest BCUT2D eigenvalue weighted by Crippen LogP contribution is -2.06. The first kappa shape index (κ1) is 13.6. The zero-order chi connectivity index (χ0) is 15.7. The van der Waals surface area contributed by atoms with Crippen molar-refractivity contribution < 1.29 is 19.1 Å². The molecule has 3 aromatic rings. The maximum Gasteiger partial charge on any atom is 0.360 e. The summed E-state index contributed by atoms with van der Waals surface area (Å²) in [6, 6.07) is 9.10. The second-order valence-electron chi connectivity index (χ2n) is 4.36. The third-order valence-corrected chi connectivity index (χ3v) is 3.05. The van der Waals surface area contributed by atoms with Crippen molar-refractivity contribution in [2.45, 2.75) is 0 Å². The number of esters is 1. The van der Waals surface area contributed by atoms with Crippen molar-refractivity contribution in [3.05, 3.63) is 41.7 Å². The van der Waals surface area contributed by atoms with Crippen LogP contribution in [0.3, 0.4) is 0 Å². The highest BCUT2D eigenvalue weighted by atomic mass is 16.5. The second-order valence-corrected chi connectivity index (χ2v) is 4.36. The van der Waals surface area contributed by atoms with Crippen LogP contribution < -0.4 is 0 Å². The van der Waals surface area contributed by atoms with Crippen molar-refractivity contribution in [2.75, 3.05) is 7.11 Å². The van der Waals surface area contributed by atoms with Crippen molar-refractivity contribution in [2.24, 2.45) is 0 Å². The minimum Gasteiger partial charge on any atom is -0.503 e. The molecule has 0 saturated carbocycles. The Bertz CT molecular complexity index is 907. The van der Waals surface area contributed by atoms with E-state index in [0.717, 1.165) is 0 Å². The van der Waals surface area contributed by atoms with Crippen LogP contribution in [0.5, 0.6) is 5.75 Å². The fourth-order valence-corrected chi connectivity index (χ4v) is 2.01. The third-order valence-electron chi connectivity index (χ3n) is 3.05. The lowest BCUT2D eigenvalue weighted by atomic mass is 10.2. The second kappa shape index (κ2) is 5.22. The molecule has 2 heterocycles. The van der Waals surface area contributed by atoms with Gasteiger partial charge in [0.25, 0.3) is 0 Å². The molecule has 2 aromatic heterocycles. The Kier molecular flexibility index (Phi) is 3.24. The molecule has 6 nitrogen and oxygen atoms in total. The largest absolute Gasteiger partial charge is 0.503 e. The quantitative estimate of drug-likeness (QED) is 0.577. The van der Waals surface area contributed by atoms with Crippen molar-refractivity contribution in [3.8, 4) is 29.5 Å². The number of carbonyl (C=O) groups is 1. The lowest BCUT2D eigenvalue weighted by Gasteiger charge is -2.02. The van der Waals surface area contributed by atoms with Crippen LogP contribution in [-0.2, 0) is 4.74 Å². The molecule has 0 amide bonds. The van der Waals surface area contributed by atoms with E-state index in [0.29, 0.717) is 5.56 Å². The molecule has 0 aliphatic carbocycles. The number of nitrogens with zero attached hydrogens (tertiary/aromatic N) is 2. The zero-order valence-corrected chi connectivity index (χ0v) is 11.5. The molecule has 0 spiro atoms. The fourth-order valence-electron chi connectivity index (χ4n) is 2.01. The number of oxazole rings is 1. The van der Waals surface area contributed by atoms with Gasteiger partial charge in [-0.3, -0.25) is 0 Å². The van der Waals surface area contributed by atoms with Gasteiger partial charge in [-0.1, -0.05) is 18.2 Å². The molecule has 3 rings (SSSR count). The van der Waals surface area contributed by atoms with Gasteiger partial charge < -0.3 is 14.3 Å². The molecule has 0 radical (unpaired) electrons. The van der Waals surface area contributed by atoms with Gasteiger partial charge in [-0.2, -0.15) is 0 Å². The topological polar surface area (TPSA) is 85.5 Å². The van der Waals surface area contributed by atoms with Crippen LogP contribution in [0.15, 0.2) is 34.7 Å². The van der Waals surface area contributed by atoms with E-state index >= 15 is 0 Å². The van der Waals surface area contributed by atoms with E-state index in [4.69, 9.17) is 10.8 Å². The maximum atomic E-state index is 11.6. The minimum absolute atomic E-state index is 0.00204. The predicted molar refractivity (Wildman–Crippen MR) is 78.2 cm³/mol. The number of methoxy groups -OCH3 is 1. The number of aromatic hydroxyl groups is 1. The van der Waals surface area contributed by atoms with Crippen LogP contribution >= 0.6 is 0 Å². The molecule has 108 valence electrons. The van der Waals surface area contributed by atoms with Gasteiger partial charge in [-0.25, -0.2) is 14.8 Å². The van der Waals surface area contributed by atoms with E-state index in [1.165, 1.54) is 7.11 Å². The highest BCUT2D eigenvalue weighted by molar-refractivity contribution is 5.98. The number of hydrogen-bond donors (Lipinski definition) is 1. The molecule has 0 bridgehead atoms. The molecule has 1 aromatic carbocycles. The van der Waals surface area contributed by atoms with Gasteiger partial charge in [-0.05, 0) is 18.1 Å². The number of pyridine rings is 1. The van der Waals surface area contributed by atoms with E-state index in [1.807, 2.05) is 18.2 Å². The van der Waals surface area contributed by atoms with Gasteiger partial charge >= 0.3 is 5.97 Å². The van der Waals surface area contributed by atoms with Gasteiger partial charge in [-0.15, -0.1) is 6.42 Å². The maximum absolute atomic E-state index is 11.6. The summed E-state index contributed by atoms with van der Waals surface area (Å²) in [6.07, 6.45) is 5.40. The molecule has 1 N–H and O–H groups in total. The molecule has 0 atom stereocenters. The van der Waals surface area contributed by atoms with Crippen LogP contribution in [0.1, 0.15) is 16.2 Å². The number of rotatable bonds is 2.